The molecule has 0 amide bonds. The second kappa shape index (κ2) is 6.45. The summed E-state index contributed by atoms with van der Waals surface area (Å²) in [7, 11) is 1.68. The van der Waals surface area contributed by atoms with Crippen molar-refractivity contribution in [1.82, 2.24) is 9.55 Å². The van der Waals surface area contributed by atoms with E-state index in [0.29, 0.717) is 22.6 Å². The zero-order valence-corrected chi connectivity index (χ0v) is 14.3. The third-order valence-electron chi connectivity index (χ3n) is 3.80. The van der Waals surface area contributed by atoms with E-state index in [4.69, 9.17) is 11.6 Å². The Morgan fingerprint density at radius 1 is 1.32 bits per heavy atom. The SMILES string of the molecule is CNc1c(Cl)cc([N+](=O)[O-])cc1-n1cnc(-c2ccc(C)cc2O)c1. The molecule has 25 heavy (non-hydrogen) atoms. The molecule has 2 N–H and O–H groups in total. The molecule has 0 atom stereocenters. The quantitative estimate of drug-likeness (QED) is 0.539. The second-order valence-corrected chi connectivity index (χ2v) is 5.92. The predicted molar refractivity (Wildman–Crippen MR) is 96.6 cm³/mol. The van der Waals surface area contributed by atoms with Crippen molar-refractivity contribution in [3.05, 3.63) is 63.6 Å². The lowest BCUT2D eigenvalue weighted by atomic mass is 10.1. The van der Waals surface area contributed by atoms with Gasteiger partial charge in [0.2, 0.25) is 0 Å². The number of hydrogen-bond donors (Lipinski definition) is 2. The third-order valence-corrected chi connectivity index (χ3v) is 4.10. The van der Waals surface area contributed by atoms with Gasteiger partial charge in [-0.3, -0.25) is 10.1 Å². The fourth-order valence-electron chi connectivity index (χ4n) is 2.59. The molecule has 7 nitrogen and oxygen atoms in total. The van der Waals surface area contributed by atoms with E-state index in [1.807, 2.05) is 13.0 Å². The summed E-state index contributed by atoms with van der Waals surface area (Å²) in [4.78, 5) is 14.9. The van der Waals surface area contributed by atoms with Crippen molar-refractivity contribution in [2.24, 2.45) is 0 Å². The fraction of sp³-hybridized carbons (Fsp3) is 0.118. The highest BCUT2D eigenvalue weighted by Crippen LogP contribution is 2.35. The minimum absolute atomic E-state index is 0.118. The standard InChI is InChI=1S/C17H15ClN4O3/c1-10-3-4-12(16(23)5-10)14-8-21(9-20-14)15-7-11(22(24)25)6-13(18)17(15)19-2/h3-9,19,23H,1-2H3. The molecule has 1 heterocycles. The van der Waals surface area contributed by atoms with Gasteiger partial charge in [0.05, 0.1) is 33.3 Å². The summed E-state index contributed by atoms with van der Waals surface area (Å²) < 4.78 is 1.62. The number of imidazole rings is 1. The molecule has 0 unspecified atom stereocenters. The van der Waals surface area contributed by atoms with Gasteiger partial charge >= 0.3 is 0 Å². The number of nitro benzene ring substituents is 1. The lowest BCUT2D eigenvalue weighted by Gasteiger charge is -2.11. The average molecular weight is 359 g/mol. The van der Waals surface area contributed by atoms with Gasteiger partial charge in [-0.1, -0.05) is 17.7 Å². The van der Waals surface area contributed by atoms with Crippen LogP contribution in [0.25, 0.3) is 16.9 Å². The van der Waals surface area contributed by atoms with E-state index >= 15 is 0 Å². The Hall–Kier alpha value is -3.06. The highest BCUT2D eigenvalue weighted by Gasteiger charge is 2.17. The van der Waals surface area contributed by atoms with Crippen molar-refractivity contribution >= 4 is 23.0 Å². The van der Waals surface area contributed by atoms with Gasteiger partial charge in [-0.2, -0.15) is 0 Å². The van der Waals surface area contributed by atoms with Gasteiger partial charge in [-0.25, -0.2) is 4.98 Å². The molecule has 3 rings (SSSR count). The van der Waals surface area contributed by atoms with Crippen LogP contribution in [0.1, 0.15) is 5.56 Å². The van der Waals surface area contributed by atoms with Gasteiger partial charge in [0, 0.05) is 30.9 Å². The van der Waals surface area contributed by atoms with Crippen molar-refractivity contribution in [1.29, 1.82) is 0 Å². The van der Waals surface area contributed by atoms with Gasteiger partial charge in [-0.15, -0.1) is 0 Å². The maximum absolute atomic E-state index is 11.1. The highest BCUT2D eigenvalue weighted by molar-refractivity contribution is 6.34. The van der Waals surface area contributed by atoms with Crippen LogP contribution in [-0.2, 0) is 0 Å². The molecule has 128 valence electrons. The number of rotatable bonds is 4. The van der Waals surface area contributed by atoms with Crippen LogP contribution in [0.15, 0.2) is 42.9 Å². The van der Waals surface area contributed by atoms with Gasteiger partial charge in [0.1, 0.15) is 5.75 Å². The van der Waals surface area contributed by atoms with Crippen LogP contribution in [0, 0.1) is 17.0 Å². The second-order valence-electron chi connectivity index (χ2n) is 5.52. The number of nitrogens with one attached hydrogen (secondary N) is 1. The summed E-state index contributed by atoms with van der Waals surface area (Å²) in [6.45, 7) is 1.88. The molecule has 0 saturated carbocycles. The molecule has 0 fully saturated rings. The van der Waals surface area contributed by atoms with Gasteiger partial charge in [-0.05, 0) is 24.6 Å². The number of halogens is 1. The number of aromatic hydroxyl groups is 1. The molecule has 0 saturated heterocycles. The van der Waals surface area contributed by atoms with E-state index in [9.17, 15) is 15.2 Å². The lowest BCUT2D eigenvalue weighted by Crippen LogP contribution is -2.01. The van der Waals surface area contributed by atoms with E-state index in [-0.39, 0.29) is 16.5 Å². The summed E-state index contributed by atoms with van der Waals surface area (Å²) in [5.74, 6) is 0.121. The predicted octanol–water partition coefficient (Wildman–Crippen LogP) is 4.16. The van der Waals surface area contributed by atoms with Crippen LogP contribution in [0.4, 0.5) is 11.4 Å². The highest BCUT2D eigenvalue weighted by atomic mass is 35.5. The molecule has 0 aliphatic heterocycles. The zero-order chi connectivity index (χ0) is 18.1. The Bertz CT molecular complexity index is 969. The Kier molecular flexibility index (Phi) is 4.33. The first-order chi connectivity index (χ1) is 11.9. The third kappa shape index (κ3) is 3.14. The average Bonchev–Trinajstić information content (AvgIpc) is 3.03. The van der Waals surface area contributed by atoms with Crippen LogP contribution in [0.3, 0.4) is 0 Å². The normalized spacial score (nSPS) is 10.7. The summed E-state index contributed by atoms with van der Waals surface area (Å²) in [6, 6.07) is 8.00. The van der Waals surface area contributed by atoms with Crippen LogP contribution in [0.5, 0.6) is 5.75 Å². The zero-order valence-electron chi connectivity index (χ0n) is 13.5. The maximum atomic E-state index is 11.1. The number of phenols is 1. The molecule has 0 spiro atoms. The number of nitro groups is 1. The Morgan fingerprint density at radius 2 is 2.08 bits per heavy atom. The molecule has 2 aromatic carbocycles. The van der Waals surface area contributed by atoms with E-state index in [0.717, 1.165) is 5.56 Å². The lowest BCUT2D eigenvalue weighted by molar-refractivity contribution is -0.384. The van der Waals surface area contributed by atoms with Gasteiger partial charge in [0.25, 0.3) is 5.69 Å². The Balaban J connectivity index is 2.12. The summed E-state index contributed by atoms with van der Waals surface area (Å²) in [6.07, 6.45) is 3.20. The minimum Gasteiger partial charge on any atom is -0.507 e. The van der Waals surface area contributed by atoms with Crippen molar-refractivity contribution in [3.63, 3.8) is 0 Å². The molecule has 8 heteroatoms. The first kappa shape index (κ1) is 16.8. The topological polar surface area (TPSA) is 93.2 Å². The van der Waals surface area contributed by atoms with Gasteiger partial charge < -0.3 is 15.0 Å². The molecule has 0 aliphatic rings. The molecule has 0 bridgehead atoms. The number of anilines is 1. The molecular formula is C17H15ClN4O3. The van der Waals surface area contributed by atoms with Crippen LogP contribution >= 0.6 is 11.6 Å². The molecule has 0 radical (unpaired) electrons. The number of aryl methyl sites for hydroxylation is 1. The van der Waals surface area contributed by atoms with Crippen molar-refractivity contribution in [2.75, 3.05) is 12.4 Å². The van der Waals surface area contributed by atoms with Crippen LogP contribution in [0.2, 0.25) is 5.02 Å². The molecule has 1 aromatic heterocycles. The number of aromatic nitrogens is 2. The van der Waals surface area contributed by atoms with Crippen LogP contribution < -0.4 is 5.32 Å². The number of phenolic OH excluding ortho intramolecular Hbond substituents is 1. The number of benzene rings is 2. The van der Waals surface area contributed by atoms with Crippen molar-refractivity contribution < 1.29 is 10.0 Å². The summed E-state index contributed by atoms with van der Waals surface area (Å²) >= 11 is 6.15. The molecule has 3 aromatic rings. The Morgan fingerprint density at radius 3 is 2.72 bits per heavy atom. The maximum Gasteiger partial charge on any atom is 0.273 e. The molecular weight excluding hydrogens is 344 g/mol. The monoisotopic (exact) mass is 358 g/mol. The van der Waals surface area contributed by atoms with Crippen molar-refractivity contribution in [3.8, 4) is 22.7 Å². The van der Waals surface area contributed by atoms with E-state index in [1.54, 1.807) is 29.9 Å². The summed E-state index contributed by atoms with van der Waals surface area (Å²) in [5.41, 5.74) is 2.97. The van der Waals surface area contributed by atoms with E-state index in [2.05, 4.69) is 10.3 Å². The first-order valence-electron chi connectivity index (χ1n) is 7.40. The fourth-order valence-corrected chi connectivity index (χ4v) is 2.89. The number of non-ortho nitro benzene ring substituents is 1. The molecule has 0 aliphatic carbocycles. The van der Waals surface area contributed by atoms with Crippen molar-refractivity contribution in [2.45, 2.75) is 6.92 Å². The van der Waals surface area contributed by atoms with Gasteiger partial charge in [0.15, 0.2) is 0 Å². The Labute approximate surface area is 148 Å². The minimum atomic E-state index is -0.502. The first-order valence-corrected chi connectivity index (χ1v) is 7.78. The number of hydrogen-bond acceptors (Lipinski definition) is 5. The van der Waals surface area contributed by atoms with E-state index < -0.39 is 4.92 Å². The van der Waals surface area contributed by atoms with Crippen LogP contribution in [-0.4, -0.2) is 26.6 Å². The number of nitrogens with zero attached hydrogens (tertiary/aromatic N) is 3. The largest absolute Gasteiger partial charge is 0.507 e. The smallest absolute Gasteiger partial charge is 0.273 e. The van der Waals surface area contributed by atoms with E-state index in [1.165, 1.54) is 18.5 Å². The summed E-state index contributed by atoms with van der Waals surface area (Å²) in [5, 5.41) is 24.4.